The summed E-state index contributed by atoms with van der Waals surface area (Å²) in [7, 11) is 0. The van der Waals surface area contributed by atoms with Gasteiger partial charge in [0.15, 0.2) is 0 Å². The van der Waals surface area contributed by atoms with E-state index in [1.54, 1.807) is 0 Å². The van der Waals surface area contributed by atoms with Gasteiger partial charge in [0.05, 0.1) is 0 Å². The third kappa shape index (κ3) is 2.88. The van der Waals surface area contributed by atoms with E-state index in [0.717, 1.165) is 12.1 Å². The number of hydrogen-bond acceptors (Lipinski definition) is 1. The lowest BCUT2D eigenvalue weighted by atomic mass is 9.96. The summed E-state index contributed by atoms with van der Waals surface area (Å²) in [5.74, 6) is -2.56. The molecule has 1 N–H and O–H groups in total. The van der Waals surface area contributed by atoms with Gasteiger partial charge >= 0.3 is 17.8 Å². The molecule has 0 amide bonds. The zero-order valence-electron chi connectivity index (χ0n) is 8.26. The Morgan fingerprint density at radius 3 is 2.00 bits per heavy atom. The molecule has 0 aliphatic rings. The first-order chi connectivity index (χ1) is 7.67. The summed E-state index contributed by atoms with van der Waals surface area (Å²) in [4.78, 5) is 10.4. The van der Waals surface area contributed by atoms with Crippen LogP contribution in [-0.2, 0) is 11.2 Å². The zero-order valence-corrected chi connectivity index (χ0v) is 9.02. The quantitative estimate of drug-likeness (QED) is 0.856. The van der Waals surface area contributed by atoms with Crippen LogP contribution >= 0.6 is 11.6 Å². The molecule has 1 rings (SSSR count). The maximum absolute atomic E-state index is 13.5. The number of alkyl halides is 4. The smallest absolute Gasteiger partial charge is 0.433 e. The fourth-order valence-electron chi connectivity index (χ4n) is 1.18. The van der Waals surface area contributed by atoms with Crippen molar-refractivity contribution in [1.29, 1.82) is 0 Å². The summed E-state index contributed by atoms with van der Waals surface area (Å²) in [6.45, 7) is 0. The topological polar surface area (TPSA) is 37.3 Å². The van der Waals surface area contributed by atoms with E-state index in [0.29, 0.717) is 0 Å². The number of carboxylic acids is 1. The molecule has 94 valence electrons. The molecule has 0 saturated heterocycles. The Morgan fingerprint density at radius 2 is 1.65 bits per heavy atom. The normalized spacial score (nSPS) is 15.4. The molecule has 0 heterocycles. The summed E-state index contributed by atoms with van der Waals surface area (Å²) in [5.41, 5.74) is -4.39. The fourth-order valence-corrected chi connectivity index (χ4v) is 1.31. The van der Waals surface area contributed by atoms with Gasteiger partial charge in [-0.1, -0.05) is 23.7 Å². The van der Waals surface area contributed by atoms with Crippen molar-refractivity contribution in [2.75, 3.05) is 0 Å². The highest BCUT2D eigenvalue weighted by molar-refractivity contribution is 6.30. The van der Waals surface area contributed by atoms with Crippen LogP contribution in [0, 0.1) is 0 Å². The highest BCUT2D eigenvalue weighted by atomic mass is 35.5. The third-order valence-corrected chi connectivity index (χ3v) is 2.40. The van der Waals surface area contributed by atoms with Gasteiger partial charge in [-0.2, -0.15) is 13.2 Å². The third-order valence-electron chi connectivity index (χ3n) is 2.15. The summed E-state index contributed by atoms with van der Waals surface area (Å²) in [5, 5.41) is 8.63. The number of hydrogen-bond donors (Lipinski definition) is 1. The van der Waals surface area contributed by atoms with E-state index in [-0.39, 0.29) is 10.6 Å². The fraction of sp³-hybridized carbons (Fsp3) is 0.300. The molecule has 1 unspecified atom stereocenters. The van der Waals surface area contributed by atoms with Crippen molar-refractivity contribution in [3.8, 4) is 0 Å². The summed E-state index contributed by atoms with van der Waals surface area (Å²) in [6.07, 6.45) is -6.76. The largest absolute Gasteiger partial charge is 0.479 e. The minimum Gasteiger partial charge on any atom is -0.479 e. The van der Waals surface area contributed by atoms with Gasteiger partial charge in [0, 0.05) is 11.4 Å². The first-order valence-corrected chi connectivity index (χ1v) is 4.78. The molecule has 2 nitrogen and oxygen atoms in total. The van der Waals surface area contributed by atoms with Crippen LogP contribution in [0.5, 0.6) is 0 Å². The van der Waals surface area contributed by atoms with Gasteiger partial charge in [-0.25, -0.2) is 9.18 Å². The van der Waals surface area contributed by atoms with Crippen molar-refractivity contribution < 1.29 is 27.5 Å². The number of benzene rings is 1. The molecule has 0 aliphatic carbocycles. The van der Waals surface area contributed by atoms with Crippen molar-refractivity contribution in [3.05, 3.63) is 34.9 Å². The van der Waals surface area contributed by atoms with E-state index in [1.807, 2.05) is 0 Å². The number of carboxylic acid groups (broad SMARTS) is 1. The van der Waals surface area contributed by atoms with E-state index in [9.17, 15) is 22.4 Å². The van der Waals surface area contributed by atoms with Gasteiger partial charge in [-0.15, -0.1) is 0 Å². The molecule has 0 bridgehead atoms. The van der Waals surface area contributed by atoms with Crippen molar-refractivity contribution in [2.45, 2.75) is 18.3 Å². The monoisotopic (exact) mass is 270 g/mol. The van der Waals surface area contributed by atoms with Crippen molar-refractivity contribution in [2.24, 2.45) is 0 Å². The first-order valence-electron chi connectivity index (χ1n) is 4.40. The molecule has 7 heteroatoms. The SMILES string of the molecule is O=C(O)C(F)(Cc1ccc(Cl)cc1)C(F)(F)F. The molecule has 1 aromatic rings. The summed E-state index contributed by atoms with van der Waals surface area (Å²) < 4.78 is 50.5. The van der Waals surface area contributed by atoms with Crippen molar-refractivity contribution >= 4 is 17.6 Å². The molecule has 0 fully saturated rings. The Kier molecular flexibility index (Phi) is 3.66. The minimum absolute atomic E-state index is 0.100. The summed E-state index contributed by atoms with van der Waals surface area (Å²) in [6, 6.07) is 4.81. The second-order valence-electron chi connectivity index (χ2n) is 3.41. The first kappa shape index (κ1) is 13.8. The number of rotatable bonds is 3. The van der Waals surface area contributed by atoms with E-state index in [2.05, 4.69) is 0 Å². The Balaban J connectivity index is 3.04. The van der Waals surface area contributed by atoms with Crippen LogP contribution in [0.3, 0.4) is 0 Å². The van der Waals surface area contributed by atoms with E-state index >= 15 is 0 Å². The molecule has 0 aromatic heterocycles. The van der Waals surface area contributed by atoms with Gasteiger partial charge in [0.25, 0.3) is 0 Å². The maximum atomic E-state index is 13.5. The average Bonchev–Trinajstić information content (AvgIpc) is 2.19. The Hall–Kier alpha value is -1.30. The minimum atomic E-state index is -5.47. The predicted molar refractivity (Wildman–Crippen MR) is 52.7 cm³/mol. The van der Waals surface area contributed by atoms with Crippen LogP contribution in [0.15, 0.2) is 24.3 Å². The van der Waals surface area contributed by atoms with Crippen LogP contribution < -0.4 is 0 Å². The van der Waals surface area contributed by atoms with Gasteiger partial charge in [-0.3, -0.25) is 0 Å². The molecule has 0 spiro atoms. The number of carbonyl (C=O) groups is 1. The second-order valence-corrected chi connectivity index (χ2v) is 3.84. The second kappa shape index (κ2) is 4.52. The van der Waals surface area contributed by atoms with Gasteiger partial charge < -0.3 is 5.11 Å². The van der Waals surface area contributed by atoms with Crippen molar-refractivity contribution in [1.82, 2.24) is 0 Å². The molecular formula is C10H7ClF4O2. The lowest BCUT2D eigenvalue weighted by Crippen LogP contribution is -2.49. The van der Waals surface area contributed by atoms with Crippen LogP contribution in [0.25, 0.3) is 0 Å². The Morgan fingerprint density at radius 1 is 1.18 bits per heavy atom. The molecule has 0 saturated carbocycles. The van der Waals surface area contributed by atoms with E-state index in [4.69, 9.17) is 16.7 Å². The molecule has 17 heavy (non-hydrogen) atoms. The number of halogens is 5. The van der Waals surface area contributed by atoms with Gasteiger partial charge in [-0.05, 0) is 17.7 Å². The predicted octanol–water partition coefficient (Wildman–Crippen LogP) is 3.24. The van der Waals surface area contributed by atoms with Crippen molar-refractivity contribution in [3.63, 3.8) is 0 Å². The average molecular weight is 271 g/mol. The standard InChI is InChI=1S/C10H7ClF4O2/c11-7-3-1-6(2-4-7)5-9(12,8(16)17)10(13,14)15/h1-4H,5H2,(H,16,17). The summed E-state index contributed by atoms with van der Waals surface area (Å²) >= 11 is 5.50. The lowest BCUT2D eigenvalue weighted by Gasteiger charge is -2.23. The zero-order chi connectivity index (χ0) is 13.3. The van der Waals surface area contributed by atoms with E-state index < -0.39 is 24.2 Å². The van der Waals surface area contributed by atoms with Crippen LogP contribution in [0.2, 0.25) is 5.02 Å². The molecule has 1 aromatic carbocycles. The number of aliphatic carboxylic acids is 1. The highest BCUT2D eigenvalue weighted by Crippen LogP contribution is 2.37. The maximum Gasteiger partial charge on any atom is 0.433 e. The highest BCUT2D eigenvalue weighted by Gasteiger charge is 2.62. The van der Waals surface area contributed by atoms with Gasteiger partial charge in [0.2, 0.25) is 0 Å². The Bertz CT molecular complexity index is 415. The molecule has 0 aliphatic heterocycles. The molecule has 1 atom stereocenters. The van der Waals surface area contributed by atoms with Crippen LogP contribution in [0.1, 0.15) is 5.56 Å². The lowest BCUT2D eigenvalue weighted by molar-refractivity contribution is -0.235. The Labute approximate surface area is 98.8 Å². The molecular weight excluding hydrogens is 264 g/mol. The van der Waals surface area contributed by atoms with Crippen LogP contribution in [-0.4, -0.2) is 22.9 Å². The van der Waals surface area contributed by atoms with E-state index in [1.165, 1.54) is 12.1 Å². The molecule has 0 radical (unpaired) electrons. The van der Waals surface area contributed by atoms with Crippen LogP contribution in [0.4, 0.5) is 17.6 Å². The van der Waals surface area contributed by atoms with Gasteiger partial charge in [0.1, 0.15) is 0 Å².